The molecule has 1 aliphatic heterocycles. The van der Waals surface area contributed by atoms with Crippen molar-refractivity contribution in [1.82, 2.24) is 9.55 Å². The zero-order valence-electron chi connectivity index (χ0n) is 10.5. The minimum absolute atomic E-state index is 0.0175. The standard InChI is InChI=1S/C12H10BrF2N3O3/c13-2-1-6-4-18(12(20)17-10(6)16)11-7(3-14)9(15)8(5-19)21-11/h3-4,8-9,11,19H,5H2,(H2,16,17,20). The smallest absolute Gasteiger partial charge is 0.351 e. The molecule has 21 heavy (non-hydrogen) atoms. The Labute approximate surface area is 126 Å². The minimum Gasteiger partial charge on any atom is -0.394 e. The number of aliphatic hydroxyl groups is 1. The number of rotatable bonds is 2. The minimum atomic E-state index is -1.86. The van der Waals surface area contributed by atoms with Crippen molar-refractivity contribution in [2.24, 2.45) is 0 Å². The zero-order chi connectivity index (χ0) is 15.6. The van der Waals surface area contributed by atoms with E-state index in [4.69, 9.17) is 15.6 Å². The summed E-state index contributed by atoms with van der Waals surface area (Å²) in [6.45, 7) is -0.653. The highest BCUT2D eigenvalue weighted by molar-refractivity contribution is 9.12. The van der Waals surface area contributed by atoms with Crippen LogP contribution in [0.4, 0.5) is 14.6 Å². The van der Waals surface area contributed by atoms with Crippen LogP contribution in [0.25, 0.3) is 0 Å². The number of alkyl halides is 1. The van der Waals surface area contributed by atoms with E-state index in [1.807, 2.05) is 0 Å². The highest BCUT2D eigenvalue weighted by atomic mass is 79.9. The molecule has 2 heterocycles. The van der Waals surface area contributed by atoms with Crippen molar-refractivity contribution >= 4 is 21.7 Å². The summed E-state index contributed by atoms with van der Waals surface area (Å²) in [5.41, 5.74) is 4.46. The third-order valence-electron chi connectivity index (χ3n) is 2.96. The van der Waals surface area contributed by atoms with Crippen LogP contribution in [-0.4, -0.2) is 33.5 Å². The van der Waals surface area contributed by atoms with Crippen LogP contribution in [0.3, 0.4) is 0 Å². The molecule has 0 bridgehead atoms. The molecule has 1 saturated heterocycles. The fourth-order valence-corrected chi connectivity index (χ4v) is 2.15. The SMILES string of the molecule is Nc1nc(=O)n(C2OC(CO)C(F)C2=CF)cc1C#CBr. The molecule has 1 aromatic rings. The number of aliphatic hydroxyl groups excluding tert-OH is 1. The summed E-state index contributed by atoms with van der Waals surface area (Å²) in [7, 11) is 0. The highest BCUT2D eigenvalue weighted by Gasteiger charge is 2.41. The third kappa shape index (κ3) is 2.83. The van der Waals surface area contributed by atoms with Crippen molar-refractivity contribution in [3.63, 3.8) is 0 Å². The van der Waals surface area contributed by atoms with Crippen LogP contribution in [0.1, 0.15) is 11.8 Å². The van der Waals surface area contributed by atoms with E-state index >= 15 is 0 Å². The van der Waals surface area contributed by atoms with Crippen LogP contribution in [0, 0.1) is 10.8 Å². The maximum absolute atomic E-state index is 13.9. The normalized spacial score (nSPS) is 26.7. The van der Waals surface area contributed by atoms with Gasteiger partial charge in [-0.1, -0.05) is 0 Å². The first-order valence-electron chi connectivity index (χ1n) is 5.74. The van der Waals surface area contributed by atoms with Crippen LogP contribution in [0.2, 0.25) is 0 Å². The van der Waals surface area contributed by atoms with E-state index in [0.717, 1.165) is 4.57 Å². The third-order valence-corrected chi connectivity index (χ3v) is 3.15. The summed E-state index contributed by atoms with van der Waals surface area (Å²) < 4.78 is 32.8. The van der Waals surface area contributed by atoms with Gasteiger partial charge in [0.2, 0.25) is 0 Å². The molecule has 6 nitrogen and oxygen atoms in total. The average molecular weight is 362 g/mol. The van der Waals surface area contributed by atoms with E-state index < -0.39 is 36.4 Å². The number of hydrogen-bond acceptors (Lipinski definition) is 5. The quantitative estimate of drug-likeness (QED) is 0.753. The number of nitrogens with zero attached hydrogens (tertiary/aromatic N) is 2. The molecule has 0 saturated carbocycles. The second-order valence-electron chi connectivity index (χ2n) is 4.17. The van der Waals surface area contributed by atoms with E-state index in [1.165, 1.54) is 6.20 Å². The molecule has 3 unspecified atom stereocenters. The van der Waals surface area contributed by atoms with Crippen LogP contribution in [-0.2, 0) is 4.74 Å². The zero-order valence-corrected chi connectivity index (χ0v) is 12.0. The van der Waals surface area contributed by atoms with Gasteiger partial charge in [0.15, 0.2) is 12.4 Å². The van der Waals surface area contributed by atoms with Gasteiger partial charge >= 0.3 is 5.69 Å². The molecule has 0 aliphatic carbocycles. The Kier molecular flexibility index (Phi) is 4.72. The Balaban J connectivity index is 2.53. The predicted molar refractivity (Wildman–Crippen MR) is 73.8 cm³/mol. The van der Waals surface area contributed by atoms with E-state index in [1.54, 1.807) is 0 Å². The molecule has 9 heteroatoms. The van der Waals surface area contributed by atoms with E-state index in [9.17, 15) is 13.6 Å². The largest absolute Gasteiger partial charge is 0.394 e. The predicted octanol–water partition coefficient (Wildman–Crippen LogP) is 0.611. The molecule has 2 rings (SSSR count). The Morgan fingerprint density at radius 1 is 1.67 bits per heavy atom. The lowest BCUT2D eigenvalue weighted by Gasteiger charge is -2.15. The van der Waals surface area contributed by atoms with E-state index in [0.29, 0.717) is 0 Å². The molecule has 0 amide bonds. The Hall–Kier alpha value is -1.76. The van der Waals surface area contributed by atoms with Gasteiger partial charge in [-0.25, -0.2) is 13.6 Å². The first-order chi connectivity index (χ1) is 10.0. The van der Waals surface area contributed by atoms with Crippen LogP contribution < -0.4 is 11.4 Å². The fraction of sp³-hybridized carbons (Fsp3) is 0.333. The Morgan fingerprint density at radius 2 is 2.38 bits per heavy atom. The second-order valence-corrected chi connectivity index (χ2v) is 4.57. The maximum Gasteiger partial charge on any atom is 0.351 e. The number of halogens is 3. The Bertz CT molecular complexity index is 695. The van der Waals surface area contributed by atoms with Gasteiger partial charge in [0.25, 0.3) is 0 Å². The molecule has 112 valence electrons. The molecular weight excluding hydrogens is 352 g/mol. The average Bonchev–Trinajstić information content (AvgIpc) is 2.78. The number of aromatic nitrogens is 2. The second kappa shape index (κ2) is 6.34. The van der Waals surface area contributed by atoms with E-state index in [2.05, 4.69) is 31.7 Å². The van der Waals surface area contributed by atoms with Gasteiger partial charge in [-0.05, 0) is 10.8 Å². The molecule has 3 atom stereocenters. The number of nitrogens with two attached hydrogens (primary N) is 1. The van der Waals surface area contributed by atoms with Crippen molar-refractivity contribution in [1.29, 1.82) is 0 Å². The summed E-state index contributed by atoms with van der Waals surface area (Å²) in [5, 5.41) is 9.00. The van der Waals surface area contributed by atoms with Gasteiger partial charge in [0.1, 0.15) is 11.9 Å². The van der Waals surface area contributed by atoms with Gasteiger partial charge < -0.3 is 15.6 Å². The molecule has 0 radical (unpaired) electrons. The topological polar surface area (TPSA) is 90.4 Å². The maximum atomic E-state index is 13.9. The summed E-state index contributed by atoms with van der Waals surface area (Å²) in [6.07, 6.45) is -3.26. The summed E-state index contributed by atoms with van der Waals surface area (Å²) >= 11 is 2.88. The Morgan fingerprint density at radius 3 is 2.95 bits per heavy atom. The monoisotopic (exact) mass is 361 g/mol. The first kappa shape index (κ1) is 15.6. The molecule has 1 aliphatic rings. The molecule has 0 spiro atoms. The molecule has 0 aromatic carbocycles. The van der Waals surface area contributed by atoms with E-state index in [-0.39, 0.29) is 17.7 Å². The summed E-state index contributed by atoms with van der Waals surface area (Å²) in [4.78, 5) is 17.8. The van der Waals surface area contributed by atoms with Crippen molar-refractivity contribution in [2.75, 3.05) is 12.3 Å². The highest BCUT2D eigenvalue weighted by Crippen LogP contribution is 2.35. The van der Waals surface area contributed by atoms with Crippen molar-refractivity contribution in [3.8, 4) is 10.8 Å². The number of ether oxygens (including phenoxy) is 1. The molecule has 1 aromatic heterocycles. The lowest BCUT2D eigenvalue weighted by molar-refractivity contribution is -0.0322. The number of anilines is 1. The van der Waals surface area contributed by atoms with Gasteiger partial charge in [-0.2, -0.15) is 4.98 Å². The van der Waals surface area contributed by atoms with Gasteiger partial charge in [0.05, 0.1) is 18.5 Å². The van der Waals surface area contributed by atoms with Gasteiger partial charge in [-0.15, -0.1) is 0 Å². The fourth-order valence-electron chi connectivity index (χ4n) is 1.94. The van der Waals surface area contributed by atoms with Crippen molar-refractivity contribution in [3.05, 3.63) is 34.1 Å². The molecule has 3 N–H and O–H groups in total. The lowest BCUT2D eigenvalue weighted by Crippen LogP contribution is -2.29. The van der Waals surface area contributed by atoms with Gasteiger partial charge in [-0.3, -0.25) is 4.57 Å². The molecular formula is C12H10BrF2N3O3. The lowest BCUT2D eigenvalue weighted by atomic mass is 10.1. The summed E-state index contributed by atoms with van der Waals surface area (Å²) in [6, 6.07) is 0. The molecule has 1 fully saturated rings. The van der Waals surface area contributed by atoms with Crippen LogP contribution in [0.5, 0.6) is 0 Å². The van der Waals surface area contributed by atoms with Crippen molar-refractivity contribution in [2.45, 2.75) is 18.5 Å². The van der Waals surface area contributed by atoms with Crippen LogP contribution >= 0.6 is 15.9 Å². The first-order valence-corrected chi connectivity index (χ1v) is 6.53. The number of nitrogen functional groups attached to an aromatic ring is 1. The van der Waals surface area contributed by atoms with Crippen LogP contribution in [0.15, 0.2) is 22.9 Å². The van der Waals surface area contributed by atoms with Crippen molar-refractivity contribution < 1.29 is 18.6 Å². The van der Waals surface area contributed by atoms with Gasteiger partial charge in [0, 0.05) is 27.7 Å². The summed E-state index contributed by atoms with van der Waals surface area (Å²) in [5.74, 6) is 2.43. The number of hydrogen-bond donors (Lipinski definition) is 2.